The molecule has 1 heterocycles. The Labute approximate surface area is 271 Å². The summed E-state index contributed by atoms with van der Waals surface area (Å²) in [7, 11) is 3.29. The van der Waals surface area contributed by atoms with Crippen molar-refractivity contribution in [3.63, 3.8) is 0 Å². The molecule has 1 aliphatic heterocycles. The summed E-state index contributed by atoms with van der Waals surface area (Å²) in [5.74, 6) is -5.70. The van der Waals surface area contributed by atoms with Gasteiger partial charge in [-0.25, -0.2) is 0 Å². The van der Waals surface area contributed by atoms with Gasteiger partial charge in [0.2, 0.25) is 0 Å². The second-order valence-electron chi connectivity index (χ2n) is 12.3. The maximum Gasteiger partial charge on any atom is 0.453 e. The summed E-state index contributed by atoms with van der Waals surface area (Å²) >= 11 is 1.82. The second kappa shape index (κ2) is 15.7. The number of alkyl halides is 5. The lowest BCUT2D eigenvalue weighted by molar-refractivity contribution is -0.284. The minimum atomic E-state index is -5.77. The molecule has 0 aromatic heterocycles. The third-order valence-electron chi connectivity index (χ3n) is 9.32. The van der Waals surface area contributed by atoms with E-state index >= 15 is 0 Å². The fraction of sp³-hybridized carbons (Fsp3) is 0.588. The molecule has 6 nitrogen and oxygen atoms in total. The Balaban J connectivity index is 1.56. The fourth-order valence-electron chi connectivity index (χ4n) is 6.34. The first kappa shape index (κ1) is 37.4. The van der Waals surface area contributed by atoms with Crippen LogP contribution in [0.1, 0.15) is 94.6 Å². The van der Waals surface area contributed by atoms with Gasteiger partial charge >= 0.3 is 24.0 Å². The molecule has 2 unspecified atom stereocenters. The predicted octanol–water partition coefficient (Wildman–Crippen LogP) is 9.50. The van der Waals surface area contributed by atoms with Crippen LogP contribution in [0.3, 0.4) is 0 Å². The Hall–Kier alpha value is -3.02. The summed E-state index contributed by atoms with van der Waals surface area (Å²) in [4.78, 5) is 25.0. The number of ether oxygens (including phenoxy) is 2. The molecule has 0 saturated heterocycles. The van der Waals surface area contributed by atoms with Gasteiger partial charge in [-0.05, 0) is 67.0 Å². The van der Waals surface area contributed by atoms with Gasteiger partial charge in [0.25, 0.3) is 0 Å². The molecule has 2 aromatic rings. The number of hydrogen-bond acceptors (Lipinski definition) is 5. The highest BCUT2D eigenvalue weighted by atomic mass is 32.2. The number of carboxylic acids is 2. The molecular weight excluding hydrogens is 631 g/mol. The van der Waals surface area contributed by atoms with Crippen LogP contribution >= 0.6 is 11.8 Å². The molecule has 256 valence electrons. The highest BCUT2D eigenvalue weighted by Crippen LogP contribution is 2.52. The molecule has 2 N–H and O–H groups in total. The van der Waals surface area contributed by atoms with Crippen LogP contribution in [0.5, 0.6) is 11.5 Å². The van der Waals surface area contributed by atoms with Gasteiger partial charge in [0, 0.05) is 22.5 Å². The average Bonchev–Trinajstić information content (AvgIpc) is 3.01. The van der Waals surface area contributed by atoms with Crippen LogP contribution in [0.2, 0.25) is 0 Å². The molecule has 1 aliphatic rings. The fourth-order valence-corrected chi connectivity index (χ4v) is 7.74. The van der Waals surface area contributed by atoms with E-state index in [4.69, 9.17) is 9.47 Å². The number of unbranched alkanes of at least 4 members (excludes halogenated alkanes) is 5. The Morgan fingerprint density at radius 3 is 1.91 bits per heavy atom. The van der Waals surface area contributed by atoms with Crippen molar-refractivity contribution in [1.82, 2.24) is 0 Å². The zero-order valence-corrected chi connectivity index (χ0v) is 27.2. The van der Waals surface area contributed by atoms with Crippen molar-refractivity contribution in [2.24, 2.45) is 5.41 Å². The number of thioether (sulfide) groups is 1. The first-order valence-corrected chi connectivity index (χ1v) is 16.5. The number of rotatable bonds is 18. The standard InChI is InChI=1S/C34H43F5O6S/c1-31(23-12-14-24(44-2)15-13-23)22-46-28-21-25(45-3)16-17-26(28)27(31)11-8-6-4-5-7-9-18-32(29(40)41,30(42)43)19-10-20-33(35,36)34(37,38)39/h12-17,21,27H,4-11,18-20,22H2,1-3H3,(H,40,41)(H,42,43). The molecule has 3 rings (SSSR count). The summed E-state index contributed by atoms with van der Waals surface area (Å²) < 4.78 is 74.9. The van der Waals surface area contributed by atoms with Crippen LogP contribution in [0.15, 0.2) is 47.4 Å². The lowest BCUT2D eigenvalue weighted by atomic mass is 9.68. The van der Waals surface area contributed by atoms with E-state index in [1.807, 2.05) is 30.0 Å². The van der Waals surface area contributed by atoms with Gasteiger partial charge < -0.3 is 19.7 Å². The third-order valence-corrected chi connectivity index (χ3v) is 10.7. The first-order valence-electron chi connectivity index (χ1n) is 15.5. The number of carbonyl (C=O) groups is 2. The third kappa shape index (κ3) is 8.66. The van der Waals surface area contributed by atoms with Crippen LogP contribution < -0.4 is 9.47 Å². The van der Waals surface area contributed by atoms with Crippen LogP contribution in [-0.4, -0.2) is 54.2 Å². The Bertz CT molecular complexity index is 1300. The first-order chi connectivity index (χ1) is 21.6. The van der Waals surface area contributed by atoms with Gasteiger partial charge in [-0.3, -0.25) is 9.59 Å². The van der Waals surface area contributed by atoms with Crippen molar-refractivity contribution in [3.05, 3.63) is 53.6 Å². The van der Waals surface area contributed by atoms with Gasteiger partial charge in [-0.1, -0.05) is 63.6 Å². The minimum absolute atomic E-state index is 0.125. The summed E-state index contributed by atoms with van der Waals surface area (Å²) in [6, 6.07) is 14.4. The smallest absolute Gasteiger partial charge is 0.453 e. The molecule has 0 amide bonds. The van der Waals surface area contributed by atoms with E-state index < -0.39 is 48.7 Å². The van der Waals surface area contributed by atoms with E-state index in [2.05, 4.69) is 31.2 Å². The molecule has 46 heavy (non-hydrogen) atoms. The summed E-state index contributed by atoms with van der Waals surface area (Å²) in [6.07, 6.45) is -4.39. The quantitative estimate of drug-likeness (QED) is 0.0924. The Kier molecular flexibility index (Phi) is 12.8. The average molecular weight is 675 g/mol. The Morgan fingerprint density at radius 2 is 1.35 bits per heavy atom. The lowest BCUT2D eigenvalue weighted by Crippen LogP contribution is -2.41. The molecule has 12 heteroatoms. The molecule has 0 radical (unpaired) electrons. The summed E-state index contributed by atoms with van der Waals surface area (Å²) in [5.41, 5.74) is -0.0146. The molecule has 0 saturated carbocycles. The van der Waals surface area contributed by atoms with Crippen molar-refractivity contribution in [1.29, 1.82) is 0 Å². The monoisotopic (exact) mass is 674 g/mol. The van der Waals surface area contributed by atoms with Gasteiger partial charge in [-0.2, -0.15) is 22.0 Å². The maximum absolute atomic E-state index is 13.3. The number of aliphatic carboxylic acids is 2. The Morgan fingerprint density at radius 1 is 0.804 bits per heavy atom. The summed E-state index contributed by atoms with van der Waals surface area (Å²) in [5, 5.41) is 19.2. The normalized spacial score (nSPS) is 18.6. The van der Waals surface area contributed by atoms with E-state index in [1.165, 1.54) is 16.0 Å². The van der Waals surface area contributed by atoms with Crippen molar-refractivity contribution < 1.29 is 51.2 Å². The molecule has 0 fully saturated rings. The van der Waals surface area contributed by atoms with Gasteiger partial charge in [0.15, 0.2) is 5.41 Å². The molecule has 0 aliphatic carbocycles. The largest absolute Gasteiger partial charge is 0.497 e. The number of carboxylic acid groups (broad SMARTS) is 2. The van der Waals surface area contributed by atoms with Crippen LogP contribution in [0.25, 0.3) is 0 Å². The summed E-state index contributed by atoms with van der Waals surface area (Å²) in [6.45, 7) is 2.29. The number of benzene rings is 2. The van der Waals surface area contributed by atoms with Crippen LogP contribution in [0.4, 0.5) is 22.0 Å². The highest BCUT2D eigenvalue weighted by Gasteiger charge is 2.57. The van der Waals surface area contributed by atoms with Gasteiger partial charge in [0.1, 0.15) is 11.5 Å². The van der Waals surface area contributed by atoms with Crippen molar-refractivity contribution in [3.8, 4) is 11.5 Å². The number of methoxy groups -OCH3 is 2. The zero-order valence-electron chi connectivity index (χ0n) is 26.4. The predicted molar refractivity (Wildman–Crippen MR) is 166 cm³/mol. The molecule has 2 atom stereocenters. The van der Waals surface area contributed by atoms with E-state index in [1.54, 1.807) is 14.2 Å². The van der Waals surface area contributed by atoms with Gasteiger partial charge in [-0.15, -0.1) is 11.8 Å². The molecular formula is C34H43F5O6S. The van der Waals surface area contributed by atoms with E-state index in [9.17, 15) is 41.8 Å². The van der Waals surface area contributed by atoms with Crippen molar-refractivity contribution >= 4 is 23.7 Å². The van der Waals surface area contributed by atoms with E-state index in [0.29, 0.717) is 12.8 Å². The van der Waals surface area contributed by atoms with Crippen LogP contribution in [0, 0.1) is 5.41 Å². The zero-order chi connectivity index (χ0) is 34.2. The van der Waals surface area contributed by atoms with Crippen molar-refractivity contribution in [2.75, 3.05) is 20.0 Å². The number of halogens is 5. The minimum Gasteiger partial charge on any atom is -0.497 e. The second-order valence-corrected chi connectivity index (χ2v) is 13.3. The highest BCUT2D eigenvalue weighted by molar-refractivity contribution is 7.99. The topological polar surface area (TPSA) is 93.1 Å². The van der Waals surface area contributed by atoms with Crippen molar-refractivity contribution in [2.45, 2.75) is 106 Å². The van der Waals surface area contributed by atoms with E-state index in [-0.39, 0.29) is 24.2 Å². The number of fused-ring (bicyclic) bond motifs is 1. The molecule has 2 aromatic carbocycles. The maximum atomic E-state index is 13.3. The van der Waals surface area contributed by atoms with Crippen LogP contribution in [-0.2, 0) is 15.0 Å². The molecule has 0 spiro atoms. The lowest BCUT2D eigenvalue weighted by Gasteiger charge is -2.43. The molecule has 0 bridgehead atoms. The van der Waals surface area contributed by atoms with E-state index in [0.717, 1.165) is 42.9 Å². The SMILES string of the molecule is COc1ccc(C2(C)CSc3cc(OC)ccc3C2CCCCCCCCC(CCCC(F)(F)C(F)(F)F)(C(=O)O)C(=O)O)cc1. The van der Waals surface area contributed by atoms with Gasteiger partial charge in [0.05, 0.1) is 14.2 Å². The number of hydrogen-bond donors (Lipinski definition) is 2.